The molecule has 0 atom stereocenters. The SMILES string of the molecule is CC(=O)N(C)CC(=O)N(CCC(=O)O)c1ccccc1. The van der Waals surface area contributed by atoms with Gasteiger partial charge in [0.15, 0.2) is 0 Å². The van der Waals surface area contributed by atoms with E-state index >= 15 is 0 Å². The van der Waals surface area contributed by atoms with Gasteiger partial charge in [-0.1, -0.05) is 18.2 Å². The Labute approximate surface area is 117 Å². The molecule has 0 saturated heterocycles. The molecule has 0 spiro atoms. The molecule has 6 heteroatoms. The highest BCUT2D eigenvalue weighted by Crippen LogP contribution is 2.14. The second-order valence-corrected chi connectivity index (χ2v) is 4.40. The van der Waals surface area contributed by atoms with Gasteiger partial charge in [0.05, 0.1) is 13.0 Å². The zero-order valence-electron chi connectivity index (χ0n) is 11.6. The van der Waals surface area contributed by atoms with Crippen LogP contribution in [0.2, 0.25) is 0 Å². The van der Waals surface area contributed by atoms with E-state index in [1.54, 1.807) is 24.3 Å². The predicted octanol–water partition coefficient (Wildman–Crippen LogP) is 0.973. The summed E-state index contributed by atoms with van der Waals surface area (Å²) in [6.45, 7) is 1.37. The number of para-hydroxylation sites is 1. The maximum absolute atomic E-state index is 12.2. The highest BCUT2D eigenvalue weighted by Gasteiger charge is 2.19. The van der Waals surface area contributed by atoms with Crippen LogP contribution in [0.4, 0.5) is 5.69 Å². The van der Waals surface area contributed by atoms with Crippen LogP contribution >= 0.6 is 0 Å². The minimum absolute atomic E-state index is 0.0733. The number of hydrogen-bond acceptors (Lipinski definition) is 3. The molecule has 1 N–H and O–H groups in total. The molecule has 0 aliphatic heterocycles. The van der Waals surface area contributed by atoms with Gasteiger partial charge in [0.25, 0.3) is 0 Å². The predicted molar refractivity (Wildman–Crippen MR) is 74.4 cm³/mol. The van der Waals surface area contributed by atoms with Crippen LogP contribution in [0.1, 0.15) is 13.3 Å². The molecule has 0 unspecified atom stereocenters. The van der Waals surface area contributed by atoms with Gasteiger partial charge in [0.1, 0.15) is 0 Å². The summed E-state index contributed by atoms with van der Waals surface area (Å²) in [5, 5.41) is 8.76. The van der Waals surface area contributed by atoms with E-state index in [-0.39, 0.29) is 31.3 Å². The number of benzene rings is 1. The number of carbonyl (C=O) groups excluding carboxylic acids is 2. The van der Waals surface area contributed by atoms with Gasteiger partial charge in [-0.15, -0.1) is 0 Å². The van der Waals surface area contributed by atoms with E-state index in [1.807, 2.05) is 6.07 Å². The fraction of sp³-hybridized carbons (Fsp3) is 0.357. The summed E-state index contributed by atoms with van der Waals surface area (Å²) in [5.41, 5.74) is 0.621. The van der Waals surface area contributed by atoms with Gasteiger partial charge in [-0.05, 0) is 12.1 Å². The topological polar surface area (TPSA) is 77.9 Å². The van der Waals surface area contributed by atoms with Gasteiger partial charge in [-0.25, -0.2) is 0 Å². The number of nitrogens with zero attached hydrogens (tertiary/aromatic N) is 2. The summed E-state index contributed by atoms with van der Waals surface area (Å²) in [7, 11) is 1.53. The van der Waals surface area contributed by atoms with Crippen molar-refractivity contribution in [1.82, 2.24) is 4.90 Å². The lowest BCUT2D eigenvalue weighted by Crippen LogP contribution is -2.41. The maximum atomic E-state index is 12.2. The molecular weight excluding hydrogens is 260 g/mol. The number of carboxylic acid groups (broad SMARTS) is 1. The Morgan fingerprint density at radius 1 is 1.15 bits per heavy atom. The van der Waals surface area contributed by atoms with Gasteiger partial charge in [0, 0.05) is 26.2 Å². The second-order valence-electron chi connectivity index (χ2n) is 4.40. The number of carbonyl (C=O) groups is 3. The van der Waals surface area contributed by atoms with E-state index in [0.717, 1.165) is 0 Å². The molecule has 2 amide bonds. The Balaban J connectivity index is 2.84. The maximum Gasteiger partial charge on any atom is 0.305 e. The molecule has 1 aromatic carbocycles. The van der Waals surface area contributed by atoms with Gasteiger partial charge in [-0.2, -0.15) is 0 Å². The molecule has 0 aliphatic rings. The van der Waals surface area contributed by atoms with Crippen molar-refractivity contribution in [3.05, 3.63) is 30.3 Å². The van der Waals surface area contributed by atoms with Crippen molar-refractivity contribution in [2.24, 2.45) is 0 Å². The molecule has 0 fully saturated rings. The molecule has 0 bridgehead atoms. The summed E-state index contributed by atoms with van der Waals surface area (Å²) in [4.78, 5) is 36.7. The summed E-state index contributed by atoms with van der Waals surface area (Å²) >= 11 is 0. The molecule has 0 saturated carbocycles. The van der Waals surface area contributed by atoms with Crippen molar-refractivity contribution in [3.63, 3.8) is 0 Å². The second kappa shape index (κ2) is 7.28. The Hall–Kier alpha value is -2.37. The minimum Gasteiger partial charge on any atom is -0.481 e. The number of carboxylic acids is 1. The average molecular weight is 278 g/mol. The lowest BCUT2D eigenvalue weighted by atomic mass is 10.2. The van der Waals surface area contributed by atoms with Crippen LogP contribution in [0.25, 0.3) is 0 Å². The van der Waals surface area contributed by atoms with Gasteiger partial charge < -0.3 is 14.9 Å². The van der Waals surface area contributed by atoms with E-state index < -0.39 is 5.97 Å². The number of rotatable bonds is 6. The summed E-state index contributed by atoms with van der Waals surface area (Å²) in [5.74, 6) is -1.50. The first kappa shape index (κ1) is 15.7. The fourth-order valence-corrected chi connectivity index (χ4v) is 1.61. The first-order chi connectivity index (χ1) is 9.41. The van der Waals surface area contributed by atoms with Crippen molar-refractivity contribution < 1.29 is 19.5 Å². The van der Waals surface area contributed by atoms with Crippen LogP contribution in [-0.4, -0.2) is 47.9 Å². The number of hydrogen-bond donors (Lipinski definition) is 1. The third-order valence-corrected chi connectivity index (χ3v) is 2.83. The molecule has 0 aromatic heterocycles. The Morgan fingerprint density at radius 2 is 1.75 bits per heavy atom. The first-order valence-corrected chi connectivity index (χ1v) is 6.20. The minimum atomic E-state index is -0.973. The third kappa shape index (κ3) is 4.72. The summed E-state index contributed by atoms with van der Waals surface area (Å²) in [6, 6.07) is 8.81. The van der Waals surface area contributed by atoms with Crippen LogP contribution < -0.4 is 4.90 Å². The van der Waals surface area contributed by atoms with E-state index in [9.17, 15) is 14.4 Å². The normalized spacial score (nSPS) is 9.90. The quantitative estimate of drug-likeness (QED) is 0.841. The zero-order chi connectivity index (χ0) is 15.1. The standard InChI is InChI=1S/C14H18N2O4/c1-11(17)15(2)10-13(18)16(9-8-14(19)20)12-6-4-3-5-7-12/h3-7H,8-10H2,1-2H3,(H,19,20). The Bertz CT molecular complexity index is 487. The van der Waals surface area contributed by atoms with Crippen molar-refractivity contribution in [3.8, 4) is 0 Å². The molecule has 20 heavy (non-hydrogen) atoms. The largest absolute Gasteiger partial charge is 0.481 e. The van der Waals surface area contributed by atoms with E-state index in [4.69, 9.17) is 5.11 Å². The van der Waals surface area contributed by atoms with Gasteiger partial charge in [0.2, 0.25) is 11.8 Å². The van der Waals surface area contributed by atoms with Crippen LogP contribution in [0.5, 0.6) is 0 Å². The van der Waals surface area contributed by atoms with Crippen molar-refractivity contribution in [1.29, 1.82) is 0 Å². The van der Waals surface area contributed by atoms with Crippen LogP contribution in [0.3, 0.4) is 0 Å². The number of anilines is 1. The molecule has 6 nitrogen and oxygen atoms in total. The molecule has 0 heterocycles. The van der Waals surface area contributed by atoms with Crippen LogP contribution in [0.15, 0.2) is 30.3 Å². The van der Waals surface area contributed by atoms with Gasteiger partial charge in [-0.3, -0.25) is 14.4 Å². The monoisotopic (exact) mass is 278 g/mol. The van der Waals surface area contributed by atoms with E-state index in [1.165, 1.54) is 23.8 Å². The molecule has 108 valence electrons. The molecule has 0 aliphatic carbocycles. The molecular formula is C14H18N2O4. The number of aliphatic carboxylic acids is 1. The van der Waals surface area contributed by atoms with E-state index in [2.05, 4.69) is 0 Å². The van der Waals surface area contributed by atoms with Crippen LogP contribution in [-0.2, 0) is 14.4 Å². The van der Waals surface area contributed by atoms with Crippen molar-refractivity contribution in [2.45, 2.75) is 13.3 Å². The Morgan fingerprint density at radius 3 is 2.25 bits per heavy atom. The average Bonchev–Trinajstić information content (AvgIpc) is 2.39. The highest BCUT2D eigenvalue weighted by atomic mass is 16.4. The summed E-state index contributed by atoms with van der Waals surface area (Å²) < 4.78 is 0. The first-order valence-electron chi connectivity index (χ1n) is 6.20. The summed E-state index contributed by atoms with van der Waals surface area (Å²) in [6.07, 6.45) is -0.148. The third-order valence-electron chi connectivity index (χ3n) is 2.83. The molecule has 0 radical (unpaired) electrons. The lowest BCUT2D eigenvalue weighted by Gasteiger charge is -2.24. The van der Waals surface area contributed by atoms with E-state index in [0.29, 0.717) is 5.69 Å². The number of likely N-dealkylation sites (N-methyl/N-ethyl adjacent to an activating group) is 1. The molecule has 1 aromatic rings. The molecule has 1 rings (SSSR count). The Kier molecular flexibility index (Phi) is 5.71. The van der Waals surface area contributed by atoms with Gasteiger partial charge >= 0.3 is 5.97 Å². The highest BCUT2D eigenvalue weighted by molar-refractivity contribution is 5.96. The lowest BCUT2D eigenvalue weighted by molar-refractivity contribution is -0.137. The van der Waals surface area contributed by atoms with Crippen molar-refractivity contribution in [2.75, 3.05) is 25.0 Å². The number of amides is 2. The smallest absolute Gasteiger partial charge is 0.305 e. The fourth-order valence-electron chi connectivity index (χ4n) is 1.61. The van der Waals surface area contributed by atoms with Crippen LogP contribution in [0, 0.1) is 0 Å². The zero-order valence-corrected chi connectivity index (χ0v) is 11.6. The van der Waals surface area contributed by atoms with Crippen molar-refractivity contribution >= 4 is 23.5 Å².